The molecule has 4 aromatic rings. The number of unbranched alkanes of at least 4 members (excludes halogenated alkanes) is 3. The van der Waals surface area contributed by atoms with Gasteiger partial charge in [0, 0.05) is 58.9 Å². The third kappa shape index (κ3) is 6.77. The lowest BCUT2D eigenvalue weighted by Crippen LogP contribution is -2.16. The molecule has 0 spiro atoms. The average Bonchev–Trinajstić information content (AvgIpc) is 3.28. The van der Waals surface area contributed by atoms with Crippen molar-refractivity contribution in [3.8, 4) is 5.75 Å². The highest BCUT2D eigenvalue weighted by molar-refractivity contribution is 6.46. The monoisotopic (exact) mass is 554 g/mol. The minimum absolute atomic E-state index is 0.172. The summed E-state index contributed by atoms with van der Waals surface area (Å²) in [6.07, 6.45) is 4.25. The fourth-order valence-corrected chi connectivity index (χ4v) is 4.94. The molecular weight excluding hydrogens is 520 g/mol. The van der Waals surface area contributed by atoms with Crippen molar-refractivity contribution >= 4 is 51.0 Å². The first-order valence-corrected chi connectivity index (χ1v) is 13.9. The number of benzene rings is 3. The van der Waals surface area contributed by atoms with Crippen molar-refractivity contribution < 1.29 is 28.8 Å². The number of carbonyl (C=O) groups is 4. The van der Waals surface area contributed by atoms with Gasteiger partial charge in [0.15, 0.2) is 5.78 Å². The van der Waals surface area contributed by atoms with Gasteiger partial charge in [-0.25, -0.2) is 4.79 Å². The number of carbonyl (C=O) groups excluding carboxylic acids is 4. The predicted molar refractivity (Wildman–Crippen MR) is 159 cm³/mol. The lowest BCUT2D eigenvalue weighted by Gasteiger charge is -2.07. The molecule has 1 heterocycles. The number of aromatic nitrogens is 1. The Bertz CT molecular complexity index is 1650. The first kappa shape index (κ1) is 29.4. The molecule has 0 unspecified atom stereocenters. The van der Waals surface area contributed by atoms with E-state index in [2.05, 4.69) is 16.6 Å². The molecule has 0 aliphatic carbocycles. The maximum atomic E-state index is 13.5. The van der Waals surface area contributed by atoms with Crippen LogP contribution in [0.1, 0.15) is 86.1 Å². The number of oxime groups is 1. The second-order valence-electron chi connectivity index (χ2n) is 9.92. The van der Waals surface area contributed by atoms with Crippen molar-refractivity contribution in [2.45, 2.75) is 66.3 Å². The maximum absolute atomic E-state index is 13.5. The Morgan fingerprint density at radius 2 is 1.34 bits per heavy atom. The predicted octanol–water partition coefficient (Wildman–Crippen LogP) is 7.04. The summed E-state index contributed by atoms with van der Waals surface area (Å²) < 4.78 is 7.21. The SMILES string of the molecule is CCCCCC/C(=N\OC(C)=O)C(=O)c1ccc2c(c1)c1cc(C(=O)c3ccc(OC(C)=O)cc3)ccc1n2CC. The summed E-state index contributed by atoms with van der Waals surface area (Å²) in [5, 5.41) is 5.58. The van der Waals surface area contributed by atoms with E-state index in [0.717, 1.165) is 47.5 Å². The number of hydrogen-bond donors (Lipinski definition) is 0. The molecule has 0 saturated carbocycles. The van der Waals surface area contributed by atoms with Crippen LogP contribution < -0.4 is 4.74 Å². The van der Waals surface area contributed by atoms with Gasteiger partial charge in [-0.05, 0) is 80.4 Å². The summed E-state index contributed by atoms with van der Waals surface area (Å²) in [4.78, 5) is 54.3. The summed E-state index contributed by atoms with van der Waals surface area (Å²) >= 11 is 0. The van der Waals surface area contributed by atoms with E-state index in [1.165, 1.54) is 13.8 Å². The molecule has 8 nitrogen and oxygen atoms in total. The van der Waals surface area contributed by atoms with Crippen LogP contribution in [0, 0.1) is 0 Å². The standard InChI is InChI=1S/C33H34N2O6/c1-5-7-8-9-10-29(34-41-22(4)37)33(39)25-14-18-31-28(20-25)27-19-24(13-17-30(27)35(31)6-2)32(38)23-11-15-26(16-12-23)40-21(3)36/h11-20H,5-10H2,1-4H3/b34-29+. The molecule has 0 N–H and O–H groups in total. The summed E-state index contributed by atoms with van der Waals surface area (Å²) in [6, 6.07) is 17.5. The zero-order valence-corrected chi connectivity index (χ0v) is 23.9. The minimum Gasteiger partial charge on any atom is -0.427 e. The number of fused-ring (bicyclic) bond motifs is 3. The molecule has 3 aromatic carbocycles. The van der Waals surface area contributed by atoms with Crippen LogP contribution >= 0.6 is 0 Å². The fourth-order valence-electron chi connectivity index (χ4n) is 4.94. The van der Waals surface area contributed by atoms with Gasteiger partial charge >= 0.3 is 11.9 Å². The van der Waals surface area contributed by atoms with Gasteiger partial charge in [-0.15, -0.1) is 0 Å². The molecule has 41 heavy (non-hydrogen) atoms. The molecule has 0 radical (unpaired) electrons. The minimum atomic E-state index is -0.580. The Morgan fingerprint density at radius 1 is 0.732 bits per heavy atom. The zero-order valence-electron chi connectivity index (χ0n) is 23.9. The molecule has 0 saturated heterocycles. The van der Waals surface area contributed by atoms with Crippen LogP contribution in [-0.4, -0.2) is 33.8 Å². The molecule has 0 bridgehead atoms. The quantitative estimate of drug-likeness (QED) is 0.0354. The van der Waals surface area contributed by atoms with Crippen molar-refractivity contribution in [1.29, 1.82) is 0 Å². The molecule has 212 valence electrons. The Labute approximate surface area is 238 Å². The lowest BCUT2D eigenvalue weighted by atomic mass is 9.98. The Kier molecular flexibility index (Phi) is 9.45. The molecule has 0 fully saturated rings. The Hall–Kier alpha value is -4.59. The van der Waals surface area contributed by atoms with Crippen molar-refractivity contribution in [3.05, 3.63) is 77.4 Å². The van der Waals surface area contributed by atoms with Crippen LogP contribution in [0.25, 0.3) is 21.8 Å². The number of rotatable bonds is 12. The molecule has 0 amide bonds. The van der Waals surface area contributed by atoms with E-state index in [4.69, 9.17) is 9.57 Å². The molecule has 0 aliphatic heterocycles. The number of ether oxygens (including phenoxy) is 1. The van der Waals surface area contributed by atoms with Crippen molar-refractivity contribution in [2.24, 2.45) is 5.16 Å². The second-order valence-corrected chi connectivity index (χ2v) is 9.92. The molecule has 8 heteroatoms. The summed E-state index contributed by atoms with van der Waals surface area (Å²) in [7, 11) is 0. The van der Waals surface area contributed by atoms with Gasteiger partial charge in [-0.3, -0.25) is 14.4 Å². The van der Waals surface area contributed by atoms with E-state index < -0.39 is 11.9 Å². The highest BCUT2D eigenvalue weighted by Crippen LogP contribution is 2.32. The lowest BCUT2D eigenvalue weighted by molar-refractivity contribution is -0.141. The van der Waals surface area contributed by atoms with Gasteiger partial charge in [-0.2, -0.15) is 0 Å². The van der Waals surface area contributed by atoms with Crippen LogP contribution in [0.15, 0.2) is 65.8 Å². The third-order valence-corrected chi connectivity index (χ3v) is 6.90. The normalized spacial score (nSPS) is 11.6. The largest absolute Gasteiger partial charge is 0.427 e. The van der Waals surface area contributed by atoms with Crippen LogP contribution in [0.2, 0.25) is 0 Å². The van der Waals surface area contributed by atoms with Crippen LogP contribution in [-0.2, 0) is 21.0 Å². The second kappa shape index (κ2) is 13.2. The first-order valence-electron chi connectivity index (χ1n) is 13.9. The van der Waals surface area contributed by atoms with Crippen LogP contribution in [0.3, 0.4) is 0 Å². The highest BCUT2D eigenvalue weighted by atomic mass is 16.7. The van der Waals surface area contributed by atoms with E-state index in [1.807, 2.05) is 31.2 Å². The van der Waals surface area contributed by atoms with Gasteiger partial charge in [0.2, 0.25) is 5.78 Å². The number of esters is 1. The van der Waals surface area contributed by atoms with Crippen LogP contribution in [0.5, 0.6) is 5.75 Å². The van der Waals surface area contributed by atoms with Crippen molar-refractivity contribution in [2.75, 3.05) is 0 Å². The number of aryl methyl sites for hydroxylation is 1. The van der Waals surface area contributed by atoms with Gasteiger partial charge in [0.25, 0.3) is 0 Å². The average molecular weight is 555 g/mol. The highest BCUT2D eigenvalue weighted by Gasteiger charge is 2.19. The summed E-state index contributed by atoms with van der Waals surface area (Å²) in [5.74, 6) is -1.10. The van der Waals surface area contributed by atoms with Gasteiger partial charge in [-0.1, -0.05) is 31.3 Å². The third-order valence-electron chi connectivity index (χ3n) is 6.90. The Balaban J connectivity index is 1.72. The summed E-state index contributed by atoms with van der Waals surface area (Å²) in [5.41, 5.74) is 3.50. The van der Waals surface area contributed by atoms with E-state index in [-0.39, 0.29) is 17.3 Å². The number of hydrogen-bond acceptors (Lipinski definition) is 7. The van der Waals surface area contributed by atoms with E-state index in [0.29, 0.717) is 35.4 Å². The van der Waals surface area contributed by atoms with Crippen LogP contribution in [0.4, 0.5) is 0 Å². The number of ketones is 2. The van der Waals surface area contributed by atoms with E-state index in [9.17, 15) is 19.2 Å². The van der Waals surface area contributed by atoms with E-state index >= 15 is 0 Å². The van der Waals surface area contributed by atoms with Gasteiger partial charge < -0.3 is 14.1 Å². The fraction of sp³-hybridized carbons (Fsp3) is 0.303. The molecule has 0 atom stereocenters. The smallest absolute Gasteiger partial charge is 0.331 e. The number of nitrogens with zero attached hydrogens (tertiary/aromatic N) is 2. The zero-order chi connectivity index (χ0) is 29.5. The first-order chi connectivity index (χ1) is 19.7. The maximum Gasteiger partial charge on any atom is 0.331 e. The number of Topliss-reactive ketones (excluding diaryl/α,β-unsaturated/α-hetero) is 1. The molecule has 1 aromatic heterocycles. The molecule has 0 aliphatic rings. The molecule has 4 rings (SSSR count). The van der Waals surface area contributed by atoms with Gasteiger partial charge in [0.1, 0.15) is 11.5 Å². The van der Waals surface area contributed by atoms with Crippen molar-refractivity contribution in [1.82, 2.24) is 4.57 Å². The van der Waals surface area contributed by atoms with Crippen molar-refractivity contribution in [3.63, 3.8) is 0 Å². The van der Waals surface area contributed by atoms with Gasteiger partial charge in [0.05, 0.1) is 0 Å². The summed E-state index contributed by atoms with van der Waals surface area (Å²) in [6.45, 7) is 7.43. The molecular formula is C33H34N2O6. The Morgan fingerprint density at radius 3 is 1.93 bits per heavy atom. The topological polar surface area (TPSA) is 104 Å². The van der Waals surface area contributed by atoms with E-state index in [1.54, 1.807) is 36.4 Å².